The number of nitrogens with zero attached hydrogens (tertiary/aromatic N) is 2. The van der Waals surface area contributed by atoms with Crippen molar-refractivity contribution in [2.24, 2.45) is 5.73 Å². The van der Waals surface area contributed by atoms with E-state index in [0.29, 0.717) is 12.1 Å². The predicted molar refractivity (Wildman–Crippen MR) is 79.8 cm³/mol. The van der Waals surface area contributed by atoms with Crippen LogP contribution in [0.5, 0.6) is 0 Å². The van der Waals surface area contributed by atoms with Crippen LogP contribution in [0.25, 0.3) is 0 Å². The number of likely N-dealkylation sites (N-methyl/N-ethyl adjacent to an activating group) is 2. The average molecular weight is 253 g/mol. The Morgan fingerprint density at radius 3 is 2.78 bits per heavy atom. The Morgan fingerprint density at radius 1 is 1.28 bits per heavy atom. The lowest BCUT2D eigenvalue weighted by atomic mass is 10.00. The molecular formula is C15H31N3. The largest absolute Gasteiger partial charge is 0.326 e. The molecule has 1 fully saturated rings. The second-order valence-corrected chi connectivity index (χ2v) is 5.75. The highest BCUT2D eigenvalue weighted by molar-refractivity contribution is 4.85. The summed E-state index contributed by atoms with van der Waals surface area (Å²) in [5.41, 5.74) is 6.40. The van der Waals surface area contributed by atoms with Crippen molar-refractivity contribution in [3.8, 4) is 0 Å². The maximum Gasteiger partial charge on any atom is 0.0371 e. The summed E-state index contributed by atoms with van der Waals surface area (Å²) in [6.07, 6.45) is 9.36. The van der Waals surface area contributed by atoms with Gasteiger partial charge < -0.3 is 15.5 Å². The summed E-state index contributed by atoms with van der Waals surface area (Å²) in [5.74, 6) is 0. The van der Waals surface area contributed by atoms with Crippen molar-refractivity contribution in [3.63, 3.8) is 0 Å². The van der Waals surface area contributed by atoms with Crippen LogP contribution in [0.15, 0.2) is 12.7 Å². The smallest absolute Gasteiger partial charge is 0.0371 e. The van der Waals surface area contributed by atoms with Gasteiger partial charge in [-0.1, -0.05) is 18.9 Å². The van der Waals surface area contributed by atoms with Crippen LogP contribution in [0, 0.1) is 0 Å². The molecule has 1 aliphatic heterocycles. The van der Waals surface area contributed by atoms with Gasteiger partial charge in [-0.15, -0.1) is 6.58 Å². The molecule has 1 aliphatic rings. The molecule has 0 amide bonds. The van der Waals surface area contributed by atoms with E-state index in [1.165, 1.54) is 38.8 Å². The number of allylic oxidation sites excluding steroid dienone is 1. The van der Waals surface area contributed by atoms with Gasteiger partial charge in [0.1, 0.15) is 0 Å². The van der Waals surface area contributed by atoms with E-state index < -0.39 is 0 Å². The van der Waals surface area contributed by atoms with Crippen molar-refractivity contribution in [1.82, 2.24) is 9.80 Å². The van der Waals surface area contributed by atoms with E-state index >= 15 is 0 Å². The number of rotatable bonds is 7. The first kappa shape index (κ1) is 15.7. The molecule has 0 bridgehead atoms. The number of hydrogen-bond acceptors (Lipinski definition) is 3. The molecule has 18 heavy (non-hydrogen) atoms. The molecule has 1 saturated heterocycles. The summed E-state index contributed by atoms with van der Waals surface area (Å²) in [4.78, 5) is 4.88. The van der Waals surface area contributed by atoms with Crippen molar-refractivity contribution >= 4 is 0 Å². The Kier molecular flexibility index (Phi) is 7.56. The first-order valence-electron chi connectivity index (χ1n) is 7.40. The van der Waals surface area contributed by atoms with Crippen LogP contribution in [0.4, 0.5) is 0 Å². The summed E-state index contributed by atoms with van der Waals surface area (Å²) >= 11 is 0. The van der Waals surface area contributed by atoms with Crippen LogP contribution < -0.4 is 5.73 Å². The van der Waals surface area contributed by atoms with Gasteiger partial charge in [0.2, 0.25) is 0 Å². The minimum atomic E-state index is 0.319. The maximum absolute atomic E-state index is 6.40. The Balaban J connectivity index is 2.29. The molecule has 0 radical (unpaired) electrons. The average Bonchev–Trinajstić information content (AvgIpc) is 2.51. The highest BCUT2D eigenvalue weighted by Gasteiger charge is 2.25. The van der Waals surface area contributed by atoms with Crippen molar-refractivity contribution in [2.45, 2.75) is 50.6 Å². The molecule has 0 aromatic rings. The highest BCUT2D eigenvalue weighted by atomic mass is 15.2. The van der Waals surface area contributed by atoms with E-state index in [2.05, 4.69) is 30.5 Å². The molecule has 3 nitrogen and oxygen atoms in total. The first-order chi connectivity index (χ1) is 8.65. The van der Waals surface area contributed by atoms with E-state index in [9.17, 15) is 0 Å². The zero-order valence-electron chi connectivity index (χ0n) is 12.3. The molecule has 1 heterocycles. The fourth-order valence-corrected chi connectivity index (χ4v) is 2.81. The summed E-state index contributed by atoms with van der Waals surface area (Å²) in [7, 11) is 4.43. The summed E-state index contributed by atoms with van der Waals surface area (Å²) in [6.45, 7) is 7.26. The summed E-state index contributed by atoms with van der Waals surface area (Å²) in [5, 5.41) is 0. The van der Waals surface area contributed by atoms with Gasteiger partial charge in [-0.2, -0.15) is 0 Å². The zero-order chi connectivity index (χ0) is 13.4. The molecule has 2 atom stereocenters. The van der Waals surface area contributed by atoms with Crippen LogP contribution in [-0.2, 0) is 0 Å². The standard InChI is InChI=1S/C15H31N3/c1-4-5-6-7-8-10-14(16)15-13-17(2)11-9-12-18(15)3/h4,14-15H,1,5-13,16H2,2-3H3. The maximum atomic E-state index is 6.40. The van der Waals surface area contributed by atoms with E-state index in [0.717, 1.165) is 19.4 Å². The Morgan fingerprint density at radius 2 is 2.06 bits per heavy atom. The van der Waals surface area contributed by atoms with Crippen molar-refractivity contribution in [1.29, 1.82) is 0 Å². The Hall–Kier alpha value is -0.380. The molecular weight excluding hydrogens is 222 g/mol. The Labute approximate surface area is 113 Å². The monoisotopic (exact) mass is 253 g/mol. The lowest BCUT2D eigenvalue weighted by Crippen LogP contribution is -2.50. The second-order valence-electron chi connectivity index (χ2n) is 5.75. The third-order valence-electron chi connectivity index (χ3n) is 4.06. The number of unbranched alkanes of at least 4 members (excludes halogenated alkanes) is 3. The molecule has 0 aromatic heterocycles. The van der Waals surface area contributed by atoms with Crippen LogP contribution in [-0.4, -0.2) is 55.6 Å². The van der Waals surface area contributed by atoms with Gasteiger partial charge in [0.25, 0.3) is 0 Å². The van der Waals surface area contributed by atoms with Crippen LogP contribution >= 0.6 is 0 Å². The van der Waals surface area contributed by atoms with Gasteiger partial charge in [0.05, 0.1) is 0 Å². The molecule has 2 unspecified atom stereocenters. The SMILES string of the molecule is C=CCCCCCC(N)C1CN(C)CCCN1C. The van der Waals surface area contributed by atoms with Crippen molar-refractivity contribution in [2.75, 3.05) is 33.7 Å². The van der Waals surface area contributed by atoms with E-state index in [1.807, 2.05) is 6.08 Å². The molecule has 2 N–H and O–H groups in total. The number of hydrogen-bond donors (Lipinski definition) is 1. The fourth-order valence-electron chi connectivity index (χ4n) is 2.81. The molecule has 0 saturated carbocycles. The lowest BCUT2D eigenvalue weighted by Gasteiger charge is -2.32. The molecule has 0 spiro atoms. The minimum absolute atomic E-state index is 0.319. The highest BCUT2D eigenvalue weighted by Crippen LogP contribution is 2.14. The third-order valence-corrected chi connectivity index (χ3v) is 4.06. The Bertz CT molecular complexity index is 230. The number of nitrogens with two attached hydrogens (primary N) is 1. The van der Waals surface area contributed by atoms with Crippen LogP contribution in [0.2, 0.25) is 0 Å². The second kappa shape index (κ2) is 8.68. The summed E-state index contributed by atoms with van der Waals surface area (Å²) < 4.78 is 0. The molecule has 0 aliphatic carbocycles. The molecule has 1 rings (SSSR count). The van der Waals surface area contributed by atoms with Crippen molar-refractivity contribution in [3.05, 3.63) is 12.7 Å². The zero-order valence-corrected chi connectivity index (χ0v) is 12.3. The molecule has 106 valence electrons. The van der Waals surface area contributed by atoms with Gasteiger partial charge in [-0.05, 0) is 52.9 Å². The third kappa shape index (κ3) is 5.51. The summed E-state index contributed by atoms with van der Waals surface area (Å²) in [6, 6.07) is 0.844. The van der Waals surface area contributed by atoms with Crippen molar-refractivity contribution < 1.29 is 0 Å². The topological polar surface area (TPSA) is 32.5 Å². The molecule has 0 aromatic carbocycles. The minimum Gasteiger partial charge on any atom is -0.326 e. The molecule has 3 heteroatoms. The van der Waals surface area contributed by atoms with E-state index in [4.69, 9.17) is 5.73 Å². The van der Waals surface area contributed by atoms with E-state index in [1.54, 1.807) is 0 Å². The van der Waals surface area contributed by atoms with Gasteiger partial charge in [0.15, 0.2) is 0 Å². The normalized spacial score (nSPS) is 24.7. The van der Waals surface area contributed by atoms with Gasteiger partial charge in [-0.3, -0.25) is 0 Å². The fraction of sp³-hybridized carbons (Fsp3) is 0.867. The van der Waals surface area contributed by atoms with Gasteiger partial charge in [0, 0.05) is 18.6 Å². The van der Waals surface area contributed by atoms with E-state index in [-0.39, 0.29) is 0 Å². The predicted octanol–water partition coefficient (Wildman–Crippen LogP) is 2.09. The van der Waals surface area contributed by atoms with Crippen LogP contribution in [0.3, 0.4) is 0 Å². The van der Waals surface area contributed by atoms with Gasteiger partial charge in [-0.25, -0.2) is 0 Å². The quantitative estimate of drug-likeness (QED) is 0.557. The lowest BCUT2D eigenvalue weighted by molar-refractivity contribution is 0.189. The first-order valence-corrected chi connectivity index (χ1v) is 7.40. The van der Waals surface area contributed by atoms with Crippen LogP contribution in [0.1, 0.15) is 38.5 Å². The van der Waals surface area contributed by atoms with Gasteiger partial charge >= 0.3 is 0 Å².